The summed E-state index contributed by atoms with van der Waals surface area (Å²) >= 11 is 0. The van der Waals surface area contributed by atoms with Crippen LogP contribution in [0.25, 0.3) is 5.57 Å². The molecule has 1 heterocycles. The second-order valence-corrected chi connectivity index (χ2v) is 13.6. The van der Waals surface area contributed by atoms with Gasteiger partial charge in [-0.25, -0.2) is 17.6 Å². The zero-order valence-corrected chi connectivity index (χ0v) is 25.9. The summed E-state index contributed by atoms with van der Waals surface area (Å²) < 4.78 is 70.5. The van der Waals surface area contributed by atoms with E-state index in [4.69, 9.17) is 9.47 Å². The van der Waals surface area contributed by atoms with Gasteiger partial charge in [-0.15, -0.1) is 0 Å². The van der Waals surface area contributed by atoms with E-state index in [1.54, 1.807) is 18.2 Å². The summed E-state index contributed by atoms with van der Waals surface area (Å²) in [6, 6.07) is 6.99. The first-order valence-corrected chi connectivity index (χ1v) is 16.9. The molecule has 1 saturated heterocycles. The fourth-order valence-electron chi connectivity index (χ4n) is 7.97. The highest BCUT2D eigenvalue weighted by Gasteiger charge is 2.33. The van der Waals surface area contributed by atoms with Crippen LogP contribution in [-0.4, -0.2) is 19.3 Å². The predicted molar refractivity (Wildman–Crippen MR) is 166 cm³/mol. The molecule has 3 aliphatic carbocycles. The second-order valence-electron chi connectivity index (χ2n) is 13.6. The largest absolute Gasteiger partial charge is 0.378 e. The molecule has 3 fully saturated rings. The maximum Gasteiger partial charge on any atom is 0.166 e. The fourth-order valence-corrected chi connectivity index (χ4v) is 7.97. The van der Waals surface area contributed by atoms with Crippen LogP contribution in [0.15, 0.2) is 42.5 Å². The maximum atomic E-state index is 14.9. The monoisotopic (exact) mass is 610 g/mol. The van der Waals surface area contributed by atoms with Crippen LogP contribution in [0.3, 0.4) is 0 Å². The summed E-state index contributed by atoms with van der Waals surface area (Å²) in [5.74, 6) is -1.00. The Morgan fingerprint density at radius 1 is 0.795 bits per heavy atom. The Labute approximate surface area is 259 Å². The molecule has 0 bridgehead atoms. The molecule has 4 aliphatic rings. The minimum atomic E-state index is -0.760. The number of hydrogen-bond donors (Lipinski definition) is 0. The number of allylic oxidation sites excluding steroid dienone is 4. The van der Waals surface area contributed by atoms with Gasteiger partial charge < -0.3 is 9.47 Å². The quantitative estimate of drug-likeness (QED) is 0.152. The Balaban J connectivity index is 0.918. The van der Waals surface area contributed by atoms with Crippen LogP contribution < -0.4 is 0 Å². The molecular weight excluding hydrogens is 564 g/mol. The van der Waals surface area contributed by atoms with Crippen molar-refractivity contribution in [3.05, 3.63) is 88.0 Å². The van der Waals surface area contributed by atoms with Crippen molar-refractivity contribution in [3.63, 3.8) is 0 Å². The van der Waals surface area contributed by atoms with Gasteiger partial charge in [-0.3, -0.25) is 0 Å². The van der Waals surface area contributed by atoms with Crippen molar-refractivity contribution in [3.8, 4) is 0 Å². The lowest BCUT2D eigenvalue weighted by molar-refractivity contribution is -0.0132. The van der Waals surface area contributed by atoms with Crippen LogP contribution in [0, 0.1) is 41.0 Å². The van der Waals surface area contributed by atoms with Gasteiger partial charge in [0, 0.05) is 17.7 Å². The molecule has 0 radical (unpaired) electrons. The van der Waals surface area contributed by atoms with Crippen molar-refractivity contribution >= 4 is 5.57 Å². The summed E-state index contributed by atoms with van der Waals surface area (Å²) in [5, 5.41) is 0. The summed E-state index contributed by atoms with van der Waals surface area (Å²) in [6.07, 6.45) is 18.2. The van der Waals surface area contributed by atoms with Gasteiger partial charge in [-0.05, 0) is 131 Å². The van der Waals surface area contributed by atoms with E-state index in [1.807, 2.05) is 25.1 Å². The lowest BCUT2D eigenvalue weighted by Crippen LogP contribution is -2.29. The van der Waals surface area contributed by atoms with E-state index in [0.717, 1.165) is 89.2 Å². The minimum Gasteiger partial charge on any atom is -0.378 e. The molecule has 2 aromatic carbocycles. The van der Waals surface area contributed by atoms with Gasteiger partial charge in [0.2, 0.25) is 0 Å². The van der Waals surface area contributed by atoms with Crippen molar-refractivity contribution < 1.29 is 27.0 Å². The number of ether oxygens (including phenoxy) is 2. The van der Waals surface area contributed by atoms with Crippen molar-refractivity contribution in [2.75, 3.05) is 13.2 Å². The molecule has 44 heavy (non-hydrogen) atoms. The average Bonchev–Trinajstić information content (AvgIpc) is 3.90. The van der Waals surface area contributed by atoms with E-state index in [-0.39, 0.29) is 12.0 Å². The van der Waals surface area contributed by atoms with Crippen LogP contribution in [0.2, 0.25) is 0 Å². The molecule has 0 amide bonds. The highest BCUT2D eigenvalue weighted by molar-refractivity contribution is 5.67. The number of benzene rings is 2. The first kappa shape index (κ1) is 31.5. The highest BCUT2D eigenvalue weighted by atomic mass is 19.2. The number of aryl methyl sites for hydroxylation is 1. The first-order valence-electron chi connectivity index (χ1n) is 16.9. The lowest BCUT2D eigenvalue weighted by atomic mass is 9.72. The Morgan fingerprint density at radius 3 is 2.20 bits per heavy atom. The topological polar surface area (TPSA) is 21.8 Å². The third-order valence-corrected chi connectivity index (χ3v) is 10.8. The number of halogens is 4. The number of epoxide rings is 1. The molecule has 0 N–H and O–H groups in total. The van der Waals surface area contributed by atoms with Gasteiger partial charge in [-0.1, -0.05) is 42.5 Å². The first-order chi connectivity index (χ1) is 21.4. The van der Waals surface area contributed by atoms with Gasteiger partial charge in [0.05, 0.1) is 12.7 Å². The van der Waals surface area contributed by atoms with E-state index >= 15 is 0 Å². The molecule has 6 rings (SSSR count). The predicted octanol–water partition coefficient (Wildman–Crippen LogP) is 10.6. The molecule has 2 atom stereocenters. The average molecular weight is 611 g/mol. The Bertz CT molecular complexity index is 1350. The third kappa shape index (κ3) is 7.17. The third-order valence-electron chi connectivity index (χ3n) is 10.8. The van der Waals surface area contributed by atoms with Gasteiger partial charge in [0.1, 0.15) is 6.10 Å². The van der Waals surface area contributed by atoms with E-state index in [1.165, 1.54) is 0 Å². The number of hydrogen-bond acceptors (Lipinski definition) is 2. The molecule has 0 spiro atoms. The SMILES string of the molecule is C/C=C/CCc1ccc(C2CCC(COC3CCC(C4CC=C(c5ccc(C6CO6)c(F)c5F)CC4)CC3)CC2)c(F)c1F. The summed E-state index contributed by atoms with van der Waals surface area (Å²) in [7, 11) is 0. The molecule has 2 nitrogen and oxygen atoms in total. The molecular formula is C38H46F4O2. The lowest BCUT2D eigenvalue weighted by Gasteiger charge is -2.36. The highest BCUT2D eigenvalue weighted by Crippen LogP contribution is 2.43. The van der Waals surface area contributed by atoms with Crippen molar-refractivity contribution in [2.24, 2.45) is 17.8 Å². The van der Waals surface area contributed by atoms with Crippen molar-refractivity contribution in [1.29, 1.82) is 0 Å². The molecule has 2 aromatic rings. The van der Waals surface area contributed by atoms with E-state index in [9.17, 15) is 17.6 Å². The van der Waals surface area contributed by atoms with Crippen LogP contribution in [0.5, 0.6) is 0 Å². The molecule has 0 aromatic heterocycles. The Hall–Kier alpha value is -2.44. The van der Waals surface area contributed by atoms with Crippen LogP contribution in [-0.2, 0) is 15.9 Å². The van der Waals surface area contributed by atoms with E-state index in [2.05, 4.69) is 6.08 Å². The fraction of sp³-hybridized carbons (Fsp3) is 0.579. The molecule has 2 saturated carbocycles. The van der Waals surface area contributed by atoms with E-state index in [0.29, 0.717) is 59.1 Å². The van der Waals surface area contributed by atoms with Crippen LogP contribution in [0.4, 0.5) is 17.6 Å². The van der Waals surface area contributed by atoms with Gasteiger partial charge in [-0.2, -0.15) is 0 Å². The van der Waals surface area contributed by atoms with Gasteiger partial charge >= 0.3 is 0 Å². The summed E-state index contributed by atoms with van der Waals surface area (Å²) in [4.78, 5) is 0. The zero-order chi connectivity index (χ0) is 30.6. The normalized spacial score (nSPS) is 29.2. The number of rotatable bonds is 10. The standard InChI is InChI=1S/C38H46F4O2/c1-2-3-4-5-29-16-19-31(36(40)35(29)39)27-8-6-24(7-9-27)22-43-30-17-14-26(15-18-30)25-10-12-28(13-11-25)32-20-21-33(34-23-44-34)38(42)37(32)41/h2-3,12,16,19-21,24-27,30,34H,4-11,13-15,17-18,22-23H2,1H3/b3-2+. The zero-order valence-electron chi connectivity index (χ0n) is 25.9. The minimum absolute atomic E-state index is 0.0815. The summed E-state index contributed by atoms with van der Waals surface area (Å²) in [5.41, 5.74) is 2.66. The van der Waals surface area contributed by atoms with Crippen molar-refractivity contribution in [2.45, 2.75) is 109 Å². The molecule has 2 unspecified atom stereocenters. The van der Waals surface area contributed by atoms with Gasteiger partial charge in [0.15, 0.2) is 23.3 Å². The van der Waals surface area contributed by atoms with Crippen LogP contribution in [0.1, 0.15) is 118 Å². The molecule has 238 valence electrons. The summed E-state index contributed by atoms with van der Waals surface area (Å²) in [6.45, 7) is 3.15. The van der Waals surface area contributed by atoms with E-state index < -0.39 is 23.3 Å². The van der Waals surface area contributed by atoms with Crippen LogP contribution >= 0.6 is 0 Å². The molecule has 6 heteroatoms. The smallest absolute Gasteiger partial charge is 0.166 e. The van der Waals surface area contributed by atoms with Gasteiger partial charge in [0.25, 0.3) is 0 Å². The Kier molecular flexibility index (Phi) is 10.3. The second kappa shape index (κ2) is 14.3. The molecule has 1 aliphatic heterocycles. The van der Waals surface area contributed by atoms with Crippen molar-refractivity contribution in [1.82, 2.24) is 0 Å². The Morgan fingerprint density at radius 2 is 1.52 bits per heavy atom. The maximum absolute atomic E-state index is 14.9.